The molecule has 27 heavy (non-hydrogen) atoms. The van der Waals surface area contributed by atoms with E-state index >= 15 is 0 Å². The van der Waals surface area contributed by atoms with Crippen molar-refractivity contribution in [1.29, 1.82) is 0 Å². The van der Waals surface area contributed by atoms with Crippen molar-refractivity contribution in [3.63, 3.8) is 0 Å². The molecule has 150 valence electrons. The number of rotatable bonds is 7. The fourth-order valence-electron chi connectivity index (χ4n) is 3.33. The van der Waals surface area contributed by atoms with Crippen molar-refractivity contribution in [2.75, 3.05) is 24.7 Å². The molecular formula is C17H20F4N2O4. The first kappa shape index (κ1) is 20.9. The molecule has 0 saturated heterocycles. The zero-order valence-electron chi connectivity index (χ0n) is 15.2. The molecule has 10 heteroatoms. The summed E-state index contributed by atoms with van der Waals surface area (Å²) in [6, 6.07) is 0. The van der Waals surface area contributed by atoms with Gasteiger partial charge in [-0.15, -0.1) is 0 Å². The van der Waals surface area contributed by atoms with Crippen LogP contribution in [-0.4, -0.2) is 42.2 Å². The third kappa shape index (κ3) is 3.57. The van der Waals surface area contributed by atoms with Gasteiger partial charge in [-0.3, -0.25) is 4.79 Å². The highest BCUT2D eigenvalue weighted by molar-refractivity contribution is 5.90. The van der Waals surface area contributed by atoms with E-state index in [1.807, 2.05) is 0 Å². The Morgan fingerprint density at radius 3 is 2.00 bits per heavy atom. The Morgan fingerprint density at radius 2 is 1.56 bits per heavy atom. The van der Waals surface area contributed by atoms with E-state index in [-0.39, 0.29) is 32.6 Å². The van der Waals surface area contributed by atoms with Gasteiger partial charge < -0.3 is 14.4 Å². The van der Waals surface area contributed by atoms with E-state index in [9.17, 15) is 27.2 Å². The van der Waals surface area contributed by atoms with E-state index in [1.165, 1.54) is 13.8 Å². The number of esters is 2. The molecule has 1 fully saturated rings. The predicted molar refractivity (Wildman–Crippen MR) is 85.8 cm³/mol. The number of aromatic nitrogens is 1. The molecule has 1 aliphatic carbocycles. The van der Waals surface area contributed by atoms with Gasteiger partial charge in [0.2, 0.25) is 11.6 Å². The molecule has 1 saturated carbocycles. The topological polar surface area (TPSA) is 68.7 Å². The Kier molecular flexibility index (Phi) is 6.27. The summed E-state index contributed by atoms with van der Waals surface area (Å²) < 4.78 is 65.6. The van der Waals surface area contributed by atoms with E-state index in [4.69, 9.17) is 9.47 Å². The van der Waals surface area contributed by atoms with Crippen molar-refractivity contribution >= 4 is 17.6 Å². The van der Waals surface area contributed by atoms with Crippen LogP contribution in [-0.2, 0) is 19.1 Å². The molecule has 0 atom stereocenters. The highest BCUT2D eigenvalue weighted by Gasteiger charge is 2.59. The maximum Gasteiger partial charge on any atom is 0.332 e. The van der Waals surface area contributed by atoms with E-state index in [0.717, 1.165) is 4.90 Å². The van der Waals surface area contributed by atoms with Gasteiger partial charge in [0.15, 0.2) is 0 Å². The second-order valence-corrected chi connectivity index (χ2v) is 6.02. The van der Waals surface area contributed by atoms with Crippen molar-refractivity contribution in [1.82, 2.24) is 4.98 Å². The van der Waals surface area contributed by atoms with Gasteiger partial charge >= 0.3 is 11.9 Å². The Hall–Kier alpha value is -2.39. The van der Waals surface area contributed by atoms with Crippen LogP contribution < -0.4 is 4.90 Å². The summed E-state index contributed by atoms with van der Waals surface area (Å²) in [6.45, 7) is 4.53. The lowest BCUT2D eigenvalue weighted by molar-refractivity contribution is -0.163. The van der Waals surface area contributed by atoms with Gasteiger partial charge in [-0.2, -0.15) is 22.5 Å². The van der Waals surface area contributed by atoms with Crippen LogP contribution >= 0.6 is 0 Å². The first-order chi connectivity index (χ1) is 12.7. The van der Waals surface area contributed by atoms with Crippen molar-refractivity contribution in [2.45, 2.75) is 39.2 Å². The molecule has 0 unspecified atom stereocenters. The van der Waals surface area contributed by atoms with Crippen molar-refractivity contribution in [2.24, 2.45) is 5.92 Å². The Balaban J connectivity index is 2.50. The summed E-state index contributed by atoms with van der Waals surface area (Å²) in [5.41, 5.74) is -2.71. The standard InChI is InChI=1S/C17H20F4N2O4/c1-4-23(12-10(18)13(20)22-14(21)11(12)19)17(16(25)27-6-3)7-9(8-17)15(24)26-5-2/h9H,4-8H2,1-3H3. The van der Waals surface area contributed by atoms with Gasteiger partial charge in [0.05, 0.1) is 19.1 Å². The van der Waals surface area contributed by atoms with Gasteiger partial charge in [-0.05, 0) is 33.6 Å². The van der Waals surface area contributed by atoms with Crippen LogP contribution in [0.15, 0.2) is 0 Å². The molecule has 0 spiro atoms. The molecule has 0 radical (unpaired) electrons. The highest BCUT2D eigenvalue weighted by Crippen LogP contribution is 2.47. The number of ether oxygens (including phenoxy) is 2. The van der Waals surface area contributed by atoms with E-state index in [2.05, 4.69) is 4.98 Å². The number of halogens is 4. The lowest BCUT2D eigenvalue weighted by Gasteiger charge is -2.51. The summed E-state index contributed by atoms with van der Waals surface area (Å²) in [7, 11) is 0. The van der Waals surface area contributed by atoms with E-state index in [0.29, 0.717) is 0 Å². The summed E-state index contributed by atoms with van der Waals surface area (Å²) in [5.74, 6) is -9.22. The molecule has 0 amide bonds. The summed E-state index contributed by atoms with van der Waals surface area (Å²) in [4.78, 5) is 27.9. The van der Waals surface area contributed by atoms with Crippen LogP contribution in [0, 0.1) is 29.4 Å². The van der Waals surface area contributed by atoms with E-state index in [1.54, 1.807) is 6.92 Å². The summed E-state index contributed by atoms with van der Waals surface area (Å²) in [5, 5.41) is 0. The Labute approximate surface area is 153 Å². The lowest BCUT2D eigenvalue weighted by Crippen LogP contribution is -2.65. The molecule has 0 N–H and O–H groups in total. The number of hydrogen-bond donors (Lipinski definition) is 0. The average Bonchev–Trinajstić information content (AvgIpc) is 2.58. The largest absolute Gasteiger partial charge is 0.466 e. The normalized spacial score (nSPS) is 21.4. The zero-order chi connectivity index (χ0) is 20.4. The van der Waals surface area contributed by atoms with Gasteiger partial charge in [0, 0.05) is 6.54 Å². The smallest absolute Gasteiger partial charge is 0.332 e. The van der Waals surface area contributed by atoms with Gasteiger partial charge in [0.1, 0.15) is 11.2 Å². The van der Waals surface area contributed by atoms with Crippen molar-refractivity contribution in [3.8, 4) is 0 Å². The number of pyridine rings is 1. The fourth-order valence-corrected chi connectivity index (χ4v) is 3.33. The molecule has 0 aromatic carbocycles. The van der Waals surface area contributed by atoms with Crippen LogP contribution in [0.2, 0.25) is 0 Å². The van der Waals surface area contributed by atoms with Gasteiger partial charge in [0.25, 0.3) is 11.9 Å². The maximum absolute atomic E-state index is 14.3. The van der Waals surface area contributed by atoms with E-state index < -0.39 is 52.6 Å². The molecule has 2 rings (SSSR count). The quantitative estimate of drug-likeness (QED) is 0.404. The first-order valence-corrected chi connectivity index (χ1v) is 8.54. The minimum atomic E-state index is -1.83. The van der Waals surface area contributed by atoms with Crippen LogP contribution in [0.25, 0.3) is 0 Å². The highest BCUT2D eigenvalue weighted by atomic mass is 19.2. The Bertz CT molecular complexity index is 712. The molecule has 1 aromatic heterocycles. The molecule has 1 aromatic rings. The first-order valence-electron chi connectivity index (χ1n) is 8.54. The molecule has 0 bridgehead atoms. The zero-order valence-corrected chi connectivity index (χ0v) is 15.2. The van der Waals surface area contributed by atoms with Crippen LogP contribution in [0.3, 0.4) is 0 Å². The number of carbonyl (C=O) groups excluding carboxylic acids is 2. The monoisotopic (exact) mass is 392 g/mol. The molecule has 1 aliphatic rings. The number of likely N-dealkylation sites (N-methyl/N-ethyl adjacent to an activating group) is 1. The van der Waals surface area contributed by atoms with Gasteiger partial charge in [-0.25, -0.2) is 4.79 Å². The minimum absolute atomic E-state index is 0.0216. The summed E-state index contributed by atoms with van der Waals surface area (Å²) in [6.07, 6.45) is -0.327. The predicted octanol–water partition coefficient (Wildman–Crippen LogP) is 2.74. The number of nitrogens with zero attached hydrogens (tertiary/aromatic N) is 2. The summed E-state index contributed by atoms with van der Waals surface area (Å²) >= 11 is 0. The van der Waals surface area contributed by atoms with Crippen molar-refractivity contribution in [3.05, 3.63) is 23.5 Å². The minimum Gasteiger partial charge on any atom is -0.466 e. The number of anilines is 1. The lowest BCUT2D eigenvalue weighted by atomic mass is 9.66. The molecule has 1 heterocycles. The van der Waals surface area contributed by atoms with Crippen LogP contribution in [0.4, 0.5) is 23.2 Å². The third-order valence-electron chi connectivity index (χ3n) is 4.52. The number of hydrogen-bond acceptors (Lipinski definition) is 6. The maximum atomic E-state index is 14.3. The second-order valence-electron chi connectivity index (χ2n) is 6.02. The molecular weight excluding hydrogens is 372 g/mol. The molecule has 6 nitrogen and oxygen atoms in total. The average molecular weight is 392 g/mol. The Morgan fingerprint density at radius 1 is 1.04 bits per heavy atom. The van der Waals surface area contributed by atoms with Crippen LogP contribution in [0.5, 0.6) is 0 Å². The molecule has 0 aliphatic heterocycles. The van der Waals surface area contributed by atoms with Crippen LogP contribution in [0.1, 0.15) is 33.6 Å². The van der Waals surface area contributed by atoms with Gasteiger partial charge in [-0.1, -0.05) is 0 Å². The van der Waals surface area contributed by atoms with Crippen molar-refractivity contribution < 1.29 is 36.6 Å². The third-order valence-corrected chi connectivity index (χ3v) is 4.52. The SMILES string of the molecule is CCOC(=O)C1CC(C(=O)OCC)(N(CC)c2c(F)c(F)nc(F)c2F)C1. The second kappa shape index (κ2) is 8.10. The fraction of sp³-hybridized carbons (Fsp3) is 0.588. The number of carbonyl (C=O) groups is 2.